The summed E-state index contributed by atoms with van der Waals surface area (Å²) in [5.41, 5.74) is 7.97. The van der Waals surface area contributed by atoms with E-state index in [1.54, 1.807) is 25.3 Å². The third-order valence-corrected chi connectivity index (χ3v) is 2.85. The van der Waals surface area contributed by atoms with Gasteiger partial charge in [-0.2, -0.15) is 0 Å². The van der Waals surface area contributed by atoms with Gasteiger partial charge in [0, 0.05) is 12.2 Å². The minimum atomic E-state index is -0.308. The van der Waals surface area contributed by atoms with Crippen LogP contribution in [0.3, 0.4) is 0 Å². The van der Waals surface area contributed by atoms with E-state index in [1.807, 2.05) is 30.3 Å². The van der Waals surface area contributed by atoms with E-state index in [-0.39, 0.29) is 6.03 Å². The predicted octanol–water partition coefficient (Wildman–Crippen LogP) is 2.60. The van der Waals surface area contributed by atoms with Gasteiger partial charge in [0.15, 0.2) is 0 Å². The highest BCUT2D eigenvalue weighted by atomic mass is 16.5. The SMILES string of the molecule is COc1ccccc1NC(=O)NCc1ccccc1N. The Kier molecular flexibility index (Phi) is 4.44. The second-order valence-electron chi connectivity index (χ2n) is 4.21. The number of urea groups is 1. The van der Waals surface area contributed by atoms with E-state index in [2.05, 4.69) is 10.6 Å². The fourth-order valence-electron chi connectivity index (χ4n) is 1.79. The third-order valence-electron chi connectivity index (χ3n) is 2.85. The molecule has 0 unspecified atom stereocenters. The lowest BCUT2D eigenvalue weighted by Crippen LogP contribution is -2.28. The minimum Gasteiger partial charge on any atom is -0.495 e. The Bertz CT molecular complexity index is 599. The summed E-state index contributed by atoms with van der Waals surface area (Å²) in [6.45, 7) is 0.369. The summed E-state index contributed by atoms with van der Waals surface area (Å²) in [7, 11) is 1.56. The quantitative estimate of drug-likeness (QED) is 0.748. The summed E-state index contributed by atoms with van der Waals surface area (Å²) in [6, 6.07) is 14.3. The molecule has 20 heavy (non-hydrogen) atoms. The van der Waals surface area contributed by atoms with Crippen LogP contribution in [0, 0.1) is 0 Å². The highest BCUT2D eigenvalue weighted by Gasteiger charge is 2.06. The Balaban J connectivity index is 1.95. The molecule has 2 aromatic rings. The first-order valence-electron chi connectivity index (χ1n) is 6.22. The number of hydrogen-bond donors (Lipinski definition) is 3. The van der Waals surface area contributed by atoms with Crippen molar-refractivity contribution in [3.63, 3.8) is 0 Å². The number of rotatable bonds is 4. The first-order chi connectivity index (χ1) is 9.70. The molecule has 0 aromatic heterocycles. The molecule has 0 heterocycles. The van der Waals surface area contributed by atoms with Crippen LogP contribution in [0.5, 0.6) is 5.75 Å². The van der Waals surface area contributed by atoms with Crippen molar-refractivity contribution >= 4 is 17.4 Å². The summed E-state index contributed by atoms with van der Waals surface area (Å²) in [5.74, 6) is 0.613. The Labute approximate surface area is 117 Å². The van der Waals surface area contributed by atoms with Gasteiger partial charge in [0.2, 0.25) is 0 Å². The molecule has 2 amide bonds. The van der Waals surface area contributed by atoms with Gasteiger partial charge in [0.1, 0.15) is 5.75 Å². The predicted molar refractivity (Wildman–Crippen MR) is 79.7 cm³/mol. The van der Waals surface area contributed by atoms with Crippen LogP contribution in [0.15, 0.2) is 48.5 Å². The highest BCUT2D eigenvalue weighted by molar-refractivity contribution is 5.90. The number of benzene rings is 2. The lowest BCUT2D eigenvalue weighted by Gasteiger charge is -2.11. The molecule has 0 radical (unpaired) electrons. The fraction of sp³-hybridized carbons (Fsp3) is 0.133. The number of para-hydroxylation sites is 3. The number of carbonyl (C=O) groups is 1. The monoisotopic (exact) mass is 271 g/mol. The topological polar surface area (TPSA) is 76.4 Å². The summed E-state index contributed by atoms with van der Waals surface area (Å²) in [4.78, 5) is 11.8. The number of carbonyl (C=O) groups excluding carboxylic acids is 1. The van der Waals surface area contributed by atoms with Crippen LogP contribution in [0.1, 0.15) is 5.56 Å². The number of nitrogens with one attached hydrogen (secondary N) is 2. The van der Waals surface area contributed by atoms with Gasteiger partial charge in [0.25, 0.3) is 0 Å². The summed E-state index contributed by atoms with van der Waals surface area (Å²) < 4.78 is 5.17. The number of methoxy groups -OCH3 is 1. The van der Waals surface area contributed by atoms with Crippen molar-refractivity contribution in [2.75, 3.05) is 18.2 Å². The highest BCUT2D eigenvalue weighted by Crippen LogP contribution is 2.22. The molecular weight excluding hydrogens is 254 g/mol. The number of amides is 2. The van der Waals surface area contributed by atoms with Crippen LogP contribution in [0.25, 0.3) is 0 Å². The maximum Gasteiger partial charge on any atom is 0.319 e. The number of ether oxygens (including phenoxy) is 1. The Morgan fingerprint density at radius 2 is 1.85 bits per heavy atom. The van der Waals surface area contributed by atoms with E-state index in [1.165, 1.54) is 0 Å². The molecule has 5 heteroatoms. The van der Waals surface area contributed by atoms with E-state index in [0.717, 1.165) is 5.56 Å². The molecule has 0 fully saturated rings. The number of hydrogen-bond acceptors (Lipinski definition) is 3. The molecule has 0 bridgehead atoms. The van der Waals surface area contributed by atoms with Crippen molar-refractivity contribution < 1.29 is 9.53 Å². The van der Waals surface area contributed by atoms with Gasteiger partial charge >= 0.3 is 6.03 Å². The molecule has 2 rings (SSSR count). The van der Waals surface area contributed by atoms with E-state index >= 15 is 0 Å². The van der Waals surface area contributed by atoms with Gasteiger partial charge in [0.05, 0.1) is 12.8 Å². The molecule has 0 saturated heterocycles. The second kappa shape index (κ2) is 6.47. The zero-order chi connectivity index (χ0) is 14.4. The summed E-state index contributed by atoms with van der Waals surface area (Å²) in [6.07, 6.45) is 0. The van der Waals surface area contributed by atoms with Crippen LogP contribution in [-0.2, 0) is 6.54 Å². The number of anilines is 2. The van der Waals surface area contributed by atoms with Gasteiger partial charge in [-0.05, 0) is 23.8 Å². The Morgan fingerprint density at radius 1 is 1.15 bits per heavy atom. The van der Waals surface area contributed by atoms with Crippen LogP contribution in [0.2, 0.25) is 0 Å². The zero-order valence-electron chi connectivity index (χ0n) is 11.2. The van der Waals surface area contributed by atoms with E-state index < -0.39 is 0 Å². The average molecular weight is 271 g/mol. The zero-order valence-corrected chi connectivity index (χ0v) is 11.2. The van der Waals surface area contributed by atoms with Gasteiger partial charge < -0.3 is 21.1 Å². The van der Waals surface area contributed by atoms with Crippen LogP contribution < -0.4 is 21.1 Å². The van der Waals surface area contributed by atoms with E-state index in [9.17, 15) is 4.79 Å². The third kappa shape index (κ3) is 3.41. The normalized spacial score (nSPS) is 9.85. The van der Waals surface area contributed by atoms with Crippen molar-refractivity contribution in [2.45, 2.75) is 6.54 Å². The van der Waals surface area contributed by atoms with Crippen LogP contribution in [0.4, 0.5) is 16.2 Å². The standard InChI is InChI=1S/C15H17N3O2/c1-20-14-9-5-4-8-13(14)18-15(19)17-10-11-6-2-3-7-12(11)16/h2-9H,10,16H2,1H3,(H2,17,18,19). The summed E-state index contributed by atoms with van der Waals surface area (Å²) in [5, 5.41) is 5.49. The van der Waals surface area contributed by atoms with E-state index in [0.29, 0.717) is 23.7 Å². The number of nitrogen functional groups attached to an aromatic ring is 1. The molecule has 0 aliphatic rings. The van der Waals surface area contributed by atoms with E-state index in [4.69, 9.17) is 10.5 Å². The fourth-order valence-corrected chi connectivity index (χ4v) is 1.79. The molecule has 0 aliphatic heterocycles. The molecular formula is C15H17N3O2. The molecule has 0 aliphatic carbocycles. The molecule has 0 spiro atoms. The molecule has 0 saturated carbocycles. The second-order valence-corrected chi connectivity index (χ2v) is 4.21. The molecule has 104 valence electrons. The smallest absolute Gasteiger partial charge is 0.319 e. The maximum absolute atomic E-state index is 11.8. The largest absolute Gasteiger partial charge is 0.495 e. The lowest BCUT2D eigenvalue weighted by molar-refractivity contribution is 0.251. The van der Waals surface area contributed by atoms with Gasteiger partial charge in [-0.3, -0.25) is 0 Å². The van der Waals surface area contributed by atoms with Crippen LogP contribution >= 0.6 is 0 Å². The van der Waals surface area contributed by atoms with Gasteiger partial charge in [-0.25, -0.2) is 4.79 Å². The Hall–Kier alpha value is -2.69. The van der Waals surface area contributed by atoms with Crippen molar-refractivity contribution in [3.05, 3.63) is 54.1 Å². The number of nitrogens with two attached hydrogens (primary N) is 1. The first kappa shape index (κ1) is 13.7. The van der Waals surface area contributed by atoms with Gasteiger partial charge in [-0.15, -0.1) is 0 Å². The van der Waals surface area contributed by atoms with Crippen molar-refractivity contribution in [3.8, 4) is 5.75 Å². The van der Waals surface area contributed by atoms with Crippen molar-refractivity contribution in [1.82, 2.24) is 5.32 Å². The lowest BCUT2D eigenvalue weighted by atomic mass is 10.2. The Morgan fingerprint density at radius 3 is 2.60 bits per heavy atom. The minimum absolute atomic E-state index is 0.308. The first-order valence-corrected chi connectivity index (χ1v) is 6.22. The van der Waals surface area contributed by atoms with Crippen molar-refractivity contribution in [1.29, 1.82) is 0 Å². The average Bonchev–Trinajstić information content (AvgIpc) is 2.47. The van der Waals surface area contributed by atoms with Crippen LogP contribution in [-0.4, -0.2) is 13.1 Å². The summed E-state index contributed by atoms with van der Waals surface area (Å²) >= 11 is 0. The molecule has 2 aromatic carbocycles. The maximum atomic E-state index is 11.8. The molecule has 0 atom stereocenters. The molecule has 4 N–H and O–H groups in total. The van der Waals surface area contributed by atoms with Crippen molar-refractivity contribution in [2.24, 2.45) is 0 Å². The van der Waals surface area contributed by atoms with Gasteiger partial charge in [-0.1, -0.05) is 30.3 Å². The molecule has 5 nitrogen and oxygen atoms in total.